The fourth-order valence-corrected chi connectivity index (χ4v) is 4.45. The fraction of sp³-hybridized carbons (Fsp3) is 0.214. The zero-order valence-corrected chi connectivity index (χ0v) is 18.7. The molecule has 166 valence electrons. The lowest BCUT2D eigenvalue weighted by atomic mass is 10.0. The zero-order chi connectivity index (χ0) is 22.6. The smallest absolute Gasteiger partial charge is 0.259 e. The Labute approximate surface area is 194 Å². The molecule has 0 spiro atoms. The lowest BCUT2D eigenvalue weighted by molar-refractivity contribution is 0.0971. The van der Waals surface area contributed by atoms with Crippen LogP contribution in [0.3, 0.4) is 0 Å². The summed E-state index contributed by atoms with van der Waals surface area (Å²) in [5, 5.41) is 4.51. The second-order valence-electron chi connectivity index (χ2n) is 8.35. The molecule has 2 heterocycles. The lowest BCUT2D eigenvalue weighted by Crippen LogP contribution is -2.49. The van der Waals surface area contributed by atoms with Crippen LogP contribution in [0.1, 0.15) is 23.2 Å². The van der Waals surface area contributed by atoms with E-state index < -0.39 is 0 Å². The van der Waals surface area contributed by atoms with Crippen LogP contribution < -0.4 is 15.0 Å². The van der Waals surface area contributed by atoms with E-state index in [9.17, 15) is 4.79 Å². The first-order valence-electron chi connectivity index (χ1n) is 11.4. The minimum Gasteiger partial charge on any atom is -0.497 e. The zero-order valence-electron chi connectivity index (χ0n) is 18.7. The van der Waals surface area contributed by atoms with E-state index in [1.807, 2.05) is 89.8 Å². The van der Waals surface area contributed by atoms with Crippen molar-refractivity contribution in [3.63, 3.8) is 0 Å². The highest BCUT2D eigenvalue weighted by atomic mass is 16.5. The van der Waals surface area contributed by atoms with Gasteiger partial charge in [0.15, 0.2) is 0 Å². The third-order valence-corrected chi connectivity index (χ3v) is 6.22. The van der Waals surface area contributed by atoms with Gasteiger partial charge in [0, 0.05) is 17.5 Å². The van der Waals surface area contributed by atoms with Crippen LogP contribution in [-0.4, -0.2) is 37.1 Å². The molecule has 1 aliphatic rings. The number of para-hydroxylation sites is 1. The molecule has 1 N–H and O–H groups in total. The molecule has 5 heteroatoms. The molecular formula is C28H27N3O2. The Morgan fingerprint density at radius 3 is 2.61 bits per heavy atom. The Balaban J connectivity index is 1.52. The summed E-state index contributed by atoms with van der Waals surface area (Å²) in [6.45, 7) is 1.75. The number of anilines is 1. The Morgan fingerprint density at radius 2 is 1.82 bits per heavy atom. The Hall–Kier alpha value is -3.70. The number of aromatic nitrogens is 1. The van der Waals surface area contributed by atoms with E-state index in [-0.39, 0.29) is 11.9 Å². The SMILES string of the molecule is COc1ccc(-c2cccc(C(=O)N(c3ccc4ccccc4n3)[C@@H]3CCCNC3)c2)cc1. The van der Waals surface area contributed by atoms with Crippen molar-refractivity contribution < 1.29 is 9.53 Å². The normalized spacial score (nSPS) is 15.8. The van der Waals surface area contributed by atoms with E-state index in [0.717, 1.165) is 53.7 Å². The Morgan fingerprint density at radius 1 is 0.970 bits per heavy atom. The molecule has 33 heavy (non-hydrogen) atoms. The number of ether oxygens (including phenoxy) is 1. The maximum absolute atomic E-state index is 13.9. The highest BCUT2D eigenvalue weighted by Gasteiger charge is 2.29. The summed E-state index contributed by atoms with van der Waals surface area (Å²) in [5.41, 5.74) is 3.59. The molecule has 1 aliphatic heterocycles. The van der Waals surface area contributed by atoms with E-state index in [0.29, 0.717) is 11.4 Å². The molecule has 1 aromatic heterocycles. The monoisotopic (exact) mass is 437 g/mol. The van der Waals surface area contributed by atoms with Crippen LogP contribution in [0.4, 0.5) is 5.82 Å². The van der Waals surface area contributed by atoms with E-state index in [4.69, 9.17) is 9.72 Å². The highest BCUT2D eigenvalue weighted by Crippen LogP contribution is 2.27. The fourth-order valence-electron chi connectivity index (χ4n) is 4.45. The highest BCUT2D eigenvalue weighted by molar-refractivity contribution is 6.07. The minimum atomic E-state index is -0.0261. The maximum Gasteiger partial charge on any atom is 0.259 e. The number of benzene rings is 3. The Kier molecular flexibility index (Phi) is 6.05. The van der Waals surface area contributed by atoms with Gasteiger partial charge in [-0.3, -0.25) is 9.69 Å². The number of hydrogen-bond donors (Lipinski definition) is 1. The van der Waals surface area contributed by atoms with Crippen LogP contribution in [0.5, 0.6) is 5.75 Å². The number of nitrogens with one attached hydrogen (secondary N) is 1. The van der Waals surface area contributed by atoms with E-state index in [1.54, 1.807) is 7.11 Å². The van der Waals surface area contributed by atoms with Gasteiger partial charge in [-0.2, -0.15) is 0 Å². The number of pyridine rings is 1. The predicted octanol–water partition coefficient (Wildman–Crippen LogP) is 5.31. The van der Waals surface area contributed by atoms with Gasteiger partial charge in [-0.25, -0.2) is 4.98 Å². The van der Waals surface area contributed by atoms with E-state index in [2.05, 4.69) is 5.32 Å². The van der Waals surface area contributed by atoms with Crippen LogP contribution in [0.25, 0.3) is 22.0 Å². The van der Waals surface area contributed by atoms with E-state index >= 15 is 0 Å². The second-order valence-corrected chi connectivity index (χ2v) is 8.35. The lowest BCUT2D eigenvalue weighted by Gasteiger charge is -2.34. The molecule has 1 amide bonds. The largest absolute Gasteiger partial charge is 0.497 e. The summed E-state index contributed by atoms with van der Waals surface area (Å²) in [5.74, 6) is 1.48. The first-order chi connectivity index (χ1) is 16.2. The summed E-state index contributed by atoms with van der Waals surface area (Å²) in [7, 11) is 1.66. The molecule has 0 saturated carbocycles. The van der Waals surface area contributed by atoms with Crippen molar-refractivity contribution in [2.45, 2.75) is 18.9 Å². The molecule has 4 aromatic rings. The Bertz CT molecular complexity index is 1260. The number of methoxy groups -OCH3 is 1. The molecular weight excluding hydrogens is 410 g/mol. The van der Waals surface area contributed by atoms with Crippen LogP contribution >= 0.6 is 0 Å². The average molecular weight is 438 g/mol. The number of carbonyl (C=O) groups excluding carboxylic acids is 1. The van der Waals surface area contributed by atoms with Gasteiger partial charge in [0.25, 0.3) is 5.91 Å². The summed E-state index contributed by atoms with van der Waals surface area (Å²) >= 11 is 0. The molecule has 1 fully saturated rings. The molecule has 1 saturated heterocycles. The summed E-state index contributed by atoms with van der Waals surface area (Å²) < 4.78 is 5.27. The third kappa shape index (κ3) is 4.45. The average Bonchev–Trinajstić information content (AvgIpc) is 2.89. The predicted molar refractivity (Wildman–Crippen MR) is 133 cm³/mol. The van der Waals surface area contributed by atoms with Gasteiger partial charge in [0.05, 0.1) is 18.7 Å². The van der Waals surface area contributed by atoms with Crippen LogP contribution in [0, 0.1) is 0 Å². The number of carbonyl (C=O) groups is 1. The molecule has 5 rings (SSSR count). The maximum atomic E-state index is 13.9. The van der Waals surface area contributed by atoms with Crippen LogP contribution in [0.15, 0.2) is 84.9 Å². The number of amides is 1. The first-order valence-corrected chi connectivity index (χ1v) is 11.4. The number of nitrogens with zero attached hydrogens (tertiary/aromatic N) is 2. The topological polar surface area (TPSA) is 54.5 Å². The van der Waals surface area contributed by atoms with Gasteiger partial charge < -0.3 is 10.1 Å². The molecule has 0 bridgehead atoms. The van der Waals surface area contributed by atoms with Crippen LogP contribution in [0.2, 0.25) is 0 Å². The van der Waals surface area contributed by atoms with E-state index in [1.165, 1.54) is 0 Å². The number of hydrogen-bond acceptors (Lipinski definition) is 4. The summed E-state index contributed by atoms with van der Waals surface area (Å²) in [4.78, 5) is 20.6. The number of rotatable bonds is 5. The van der Waals surface area contributed by atoms with Gasteiger partial charge in [0.2, 0.25) is 0 Å². The molecule has 0 radical (unpaired) electrons. The van der Waals surface area contributed by atoms with Crippen molar-refractivity contribution in [2.24, 2.45) is 0 Å². The van der Waals surface area contributed by atoms with Gasteiger partial charge in [0.1, 0.15) is 11.6 Å². The van der Waals surface area contributed by atoms with Gasteiger partial charge >= 0.3 is 0 Å². The van der Waals surface area contributed by atoms with Gasteiger partial charge in [-0.15, -0.1) is 0 Å². The third-order valence-electron chi connectivity index (χ3n) is 6.22. The summed E-state index contributed by atoms with van der Waals surface area (Å²) in [6, 6.07) is 27.8. The summed E-state index contributed by atoms with van der Waals surface area (Å²) in [6.07, 6.45) is 1.99. The van der Waals surface area contributed by atoms with Crippen molar-refractivity contribution >= 4 is 22.6 Å². The van der Waals surface area contributed by atoms with Gasteiger partial charge in [-0.05, 0) is 73.0 Å². The second kappa shape index (κ2) is 9.43. The van der Waals surface area contributed by atoms with Gasteiger partial charge in [-0.1, -0.05) is 42.5 Å². The van der Waals surface area contributed by atoms with Crippen molar-refractivity contribution in [3.05, 3.63) is 90.5 Å². The standard InChI is InChI=1S/C28H27N3O2/c1-33-25-14-11-20(12-15-25)22-7-4-8-23(18-22)28(32)31(24-9-5-17-29-19-24)27-16-13-21-6-2-3-10-26(21)30-27/h2-4,6-8,10-16,18,24,29H,5,9,17,19H2,1H3/t24-/m1/s1. The minimum absolute atomic E-state index is 0.0261. The number of piperidine rings is 1. The van der Waals surface area contributed by atoms with Crippen molar-refractivity contribution in [3.8, 4) is 16.9 Å². The van der Waals surface area contributed by atoms with Crippen molar-refractivity contribution in [1.29, 1.82) is 0 Å². The van der Waals surface area contributed by atoms with Crippen molar-refractivity contribution in [1.82, 2.24) is 10.3 Å². The number of fused-ring (bicyclic) bond motifs is 1. The molecule has 0 unspecified atom stereocenters. The van der Waals surface area contributed by atoms with Crippen molar-refractivity contribution in [2.75, 3.05) is 25.1 Å². The van der Waals surface area contributed by atoms with Crippen LogP contribution in [-0.2, 0) is 0 Å². The first kappa shape index (κ1) is 21.2. The molecule has 5 nitrogen and oxygen atoms in total. The molecule has 3 aromatic carbocycles. The quantitative estimate of drug-likeness (QED) is 0.460. The molecule has 1 atom stereocenters. The molecule has 0 aliphatic carbocycles.